The van der Waals surface area contributed by atoms with E-state index in [0.717, 1.165) is 0 Å². The summed E-state index contributed by atoms with van der Waals surface area (Å²) in [5, 5.41) is 9.77. The van der Waals surface area contributed by atoms with Crippen molar-refractivity contribution in [3.63, 3.8) is 0 Å². The van der Waals surface area contributed by atoms with Crippen LogP contribution < -0.4 is 4.74 Å². The Labute approximate surface area is 124 Å². The summed E-state index contributed by atoms with van der Waals surface area (Å²) < 4.78 is 5.48. The molecular formula is C13H7Cl3O3. The fourth-order valence-corrected chi connectivity index (χ4v) is 2.00. The number of ether oxygens (including phenoxy) is 1. The summed E-state index contributed by atoms with van der Waals surface area (Å²) in [4.78, 5) is 11.1. The average Bonchev–Trinajstić information content (AvgIpc) is 2.36. The minimum atomic E-state index is -1.14. The third-order valence-corrected chi connectivity index (χ3v) is 3.42. The minimum Gasteiger partial charge on any atom is -0.478 e. The lowest BCUT2D eigenvalue weighted by molar-refractivity contribution is 0.0694. The maximum atomic E-state index is 11.1. The smallest absolute Gasteiger partial charge is 0.339 e. The van der Waals surface area contributed by atoms with E-state index in [1.165, 1.54) is 18.2 Å². The van der Waals surface area contributed by atoms with Gasteiger partial charge in [0, 0.05) is 0 Å². The number of para-hydroxylation sites is 1. The Morgan fingerprint density at radius 2 is 1.63 bits per heavy atom. The predicted molar refractivity (Wildman–Crippen MR) is 74.9 cm³/mol. The maximum absolute atomic E-state index is 11.1. The van der Waals surface area contributed by atoms with Crippen LogP contribution >= 0.6 is 34.8 Å². The van der Waals surface area contributed by atoms with Crippen molar-refractivity contribution in [1.29, 1.82) is 0 Å². The summed E-state index contributed by atoms with van der Waals surface area (Å²) in [6.07, 6.45) is 0. The summed E-state index contributed by atoms with van der Waals surface area (Å²) in [7, 11) is 0. The number of hydrogen-bond donors (Lipinski definition) is 1. The number of carboxylic acid groups (broad SMARTS) is 1. The molecule has 0 bridgehead atoms. The Balaban J connectivity index is 2.49. The molecular weight excluding hydrogens is 310 g/mol. The SMILES string of the molecule is O=C(O)c1cccc(Cl)c1Oc1cccc(Cl)c1Cl. The van der Waals surface area contributed by atoms with Gasteiger partial charge in [0.05, 0.1) is 10.0 Å². The largest absolute Gasteiger partial charge is 0.478 e. The third-order valence-electron chi connectivity index (χ3n) is 2.33. The minimum absolute atomic E-state index is 0.0285. The van der Waals surface area contributed by atoms with Gasteiger partial charge in [0.1, 0.15) is 16.3 Å². The van der Waals surface area contributed by atoms with Crippen LogP contribution in [-0.4, -0.2) is 11.1 Å². The standard InChI is InChI=1S/C13H7Cl3O3/c14-8-4-2-6-10(11(8)16)19-12-7(13(17)18)3-1-5-9(12)15/h1-6H,(H,17,18). The second-order valence-electron chi connectivity index (χ2n) is 3.58. The molecule has 0 radical (unpaired) electrons. The van der Waals surface area contributed by atoms with Gasteiger partial charge in [-0.3, -0.25) is 0 Å². The lowest BCUT2D eigenvalue weighted by Gasteiger charge is -2.12. The number of hydrogen-bond acceptors (Lipinski definition) is 2. The first-order chi connectivity index (χ1) is 9.00. The van der Waals surface area contributed by atoms with E-state index in [9.17, 15) is 4.79 Å². The van der Waals surface area contributed by atoms with Gasteiger partial charge in [0.25, 0.3) is 0 Å². The van der Waals surface area contributed by atoms with Gasteiger partial charge >= 0.3 is 5.97 Å². The molecule has 0 fully saturated rings. The average molecular weight is 318 g/mol. The van der Waals surface area contributed by atoms with E-state index in [4.69, 9.17) is 44.6 Å². The molecule has 0 aromatic heterocycles. The molecule has 0 aliphatic heterocycles. The normalized spacial score (nSPS) is 10.3. The number of aromatic carboxylic acids is 1. The van der Waals surface area contributed by atoms with Gasteiger partial charge in [-0.15, -0.1) is 0 Å². The molecule has 1 N–H and O–H groups in total. The topological polar surface area (TPSA) is 46.5 Å². The molecule has 98 valence electrons. The van der Waals surface area contributed by atoms with Crippen LogP contribution in [0, 0.1) is 0 Å². The van der Waals surface area contributed by atoms with E-state index >= 15 is 0 Å². The summed E-state index contributed by atoms with van der Waals surface area (Å²) in [5.74, 6) is -0.874. The fourth-order valence-electron chi connectivity index (χ4n) is 1.45. The molecule has 0 aliphatic rings. The van der Waals surface area contributed by atoms with E-state index in [-0.39, 0.29) is 27.1 Å². The van der Waals surface area contributed by atoms with Crippen LogP contribution in [0.3, 0.4) is 0 Å². The van der Waals surface area contributed by atoms with Gasteiger partial charge in [0.2, 0.25) is 0 Å². The van der Waals surface area contributed by atoms with E-state index in [1.807, 2.05) is 0 Å². The van der Waals surface area contributed by atoms with Crippen LogP contribution in [0.5, 0.6) is 11.5 Å². The van der Waals surface area contributed by atoms with Crippen molar-refractivity contribution in [3.05, 3.63) is 57.0 Å². The number of rotatable bonds is 3. The van der Waals surface area contributed by atoms with Crippen molar-refractivity contribution >= 4 is 40.8 Å². The number of carbonyl (C=O) groups is 1. The van der Waals surface area contributed by atoms with Crippen molar-refractivity contribution in [2.75, 3.05) is 0 Å². The first-order valence-electron chi connectivity index (χ1n) is 5.14. The molecule has 19 heavy (non-hydrogen) atoms. The van der Waals surface area contributed by atoms with Crippen LogP contribution in [-0.2, 0) is 0 Å². The first kappa shape index (κ1) is 14.0. The van der Waals surface area contributed by atoms with Crippen LogP contribution in [0.2, 0.25) is 15.1 Å². The van der Waals surface area contributed by atoms with Crippen LogP contribution in [0.1, 0.15) is 10.4 Å². The van der Waals surface area contributed by atoms with E-state index in [2.05, 4.69) is 0 Å². The Bertz CT molecular complexity index is 641. The first-order valence-corrected chi connectivity index (χ1v) is 6.27. The number of carboxylic acids is 1. The van der Waals surface area contributed by atoms with Gasteiger partial charge in [0.15, 0.2) is 5.75 Å². The molecule has 2 aromatic rings. The number of halogens is 3. The molecule has 2 rings (SSSR count). The van der Waals surface area contributed by atoms with E-state index < -0.39 is 5.97 Å². The van der Waals surface area contributed by atoms with Crippen molar-refractivity contribution in [3.8, 4) is 11.5 Å². The van der Waals surface area contributed by atoms with Gasteiger partial charge in [-0.25, -0.2) is 4.79 Å². The van der Waals surface area contributed by atoms with Crippen molar-refractivity contribution in [2.45, 2.75) is 0 Å². The molecule has 0 saturated heterocycles. The molecule has 6 heteroatoms. The van der Waals surface area contributed by atoms with Gasteiger partial charge in [-0.05, 0) is 24.3 Å². The molecule has 0 saturated carbocycles. The molecule has 0 aliphatic carbocycles. The quantitative estimate of drug-likeness (QED) is 0.853. The van der Waals surface area contributed by atoms with Gasteiger partial charge < -0.3 is 9.84 Å². The van der Waals surface area contributed by atoms with Gasteiger partial charge in [-0.2, -0.15) is 0 Å². The fraction of sp³-hybridized carbons (Fsp3) is 0. The maximum Gasteiger partial charge on any atom is 0.339 e. The summed E-state index contributed by atoms with van der Waals surface area (Å²) >= 11 is 17.8. The predicted octanol–water partition coefficient (Wildman–Crippen LogP) is 5.14. The van der Waals surface area contributed by atoms with Crippen LogP contribution in [0.25, 0.3) is 0 Å². The van der Waals surface area contributed by atoms with Crippen molar-refractivity contribution < 1.29 is 14.6 Å². The highest BCUT2D eigenvalue weighted by Crippen LogP contribution is 2.38. The lowest BCUT2D eigenvalue weighted by atomic mass is 10.2. The Morgan fingerprint density at radius 3 is 2.32 bits per heavy atom. The summed E-state index contributed by atoms with van der Waals surface area (Å²) in [6, 6.07) is 9.26. The molecule has 2 aromatic carbocycles. The highest BCUT2D eigenvalue weighted by molar-refractivity contribution is 6.43. The Kier molecular flexibility index (Phi) is 4.20. The van der Waals surface area contributed by atoms with Crippen LogP contribution in [0.4, 0.5) is 0 Å². The third kappa shape index (κ3) is 2.95. The van der Waals surface area contributed by atoms with E-state index in [0.29, 0.717) is 5.02 Å². The Morgan fingerprint density at radius 1 is 1.00 bits per heavy atom. The molecule has 3 nitrogen and oxygen atoms in total. The molecule has 0 amide bonds. The molecule has 0 spiro atoms. The zero-order valence-corrected chi connectivity index (χ0v) is 11.6. The molecule has 0 unspecified atom stereocenters. The second kappa shape index (κ2) is 5.70. The molecule has 0 atom stereocenters. The molecule has 0 heterocycles. The van der Waals surface area contributed by atoms with Crippen molar-refractivity contribution in [2.24, 2.45) is 0 Å². The number of benzene rings is 2. The zero-order chi connectivity index (χ0) is 14.0. The highest BCUT2D eigenvalue weighted by atomic mass is 35.5. The van der Waals surface area contributed by atoms with E-state index in [1.54, 1.807) is 18.2 Å². The lowest BCUT2D eigenvalue weighted by Crippen LogP contribution is -2.00. The summed E-state index contributed by atoms with van der Waals surface area (Å²) in [6.45, 7) is 0. The van der Waals surface area contributed by atoms with Crippen molar-refractivity contribution in [1.82, 2.24) is 0 Å². The second-order valence-corrected chi connectivity index (χ2v) is 4.77. The van der Waals surface area contributed by atoms with Crippen LogP contribution in [0.15, 0.2) is 36.4 Å². The van der Waals surface area contributed by atoms with Gasteiger partial charge in [-0.1, -0.05) is 46.9 Å². The highest BCUT2D eigenvalue weighted by Gasteiger charge is 2.17. The zero-order valence-electron chi connectivity index (χ0n) is 9.36. The summed E-state index contributed by atoms with van der Waals surface area (Å²) in [5.41, 5.74) is -0.0523. The Hall–Kier alpha value is -1.42. The monoisotopic (exact) mass is 316 g/mol.